The molecule has 1 N–H and O–H groups in total. The molecule has 0 aliphatic rings. The summed E-state index contributed by atoms with van der Waals surface area (Å²) in [6, 6.07) is 15.9. The van der Waals surface area contributed by atoms with Crippen LogP contribution in [-0.2, 0) is 0 Å². The number of hydrogen-bond donors (Lipinski definition) is 1. The molecule has 2 aromatic carbocycles. The van der Waals surface area contributed by atoms with Gasteiger partial charge in [-0.05, 0) is 54.6 Å². The van der Waals surface area contributed by atoms with Crippen LogP contribution in [0.5, 0.6) is 5.75 Å². The van der Waals surface area contributed by atoms with Crippen molar-refractivity contribution in [2.45, 2.75) is 0 Å². The third-order valence-electron chi connectivity index (χ3n) is 4.13. The van der Waals surface area contributed by atoms with Gasteiger partial charge < -0.3 is 9.15 Å². The van der Waals surface area contributed by atoms with E-state index in [1.165, 1.54) is 11.3 Å². The highest BCUT2D eigenvalue weighted by molar-refractivity contribution is 7.14. The lowest BCUT2D eigenvalue weighted by Gasteiger charge is -2.02. The molecule has 5 nitrogen and oxygen atoms in total. The molecule has 0 bridgehead atoms. The molecule has 29 heavy (non-hydrogen) atoms. The molecule has 0 aliphatic carbocycles. The SMILES string of the molecule is COc1ccc(-c2csc(NC(=O)c3ccc(-c4cc(Cl)ccc4Cl)o3)n2)cc1. The number of anilines is 1. The molecular formula is C21H14Cl2N2O3S. The summed E-state index contributed by atoms with van der Waals surface area (Å²) in [5.74, 6) is 0.980. The van der Waals surface area contributed by atoms with E-state index in [1.54, 1.807) is 37.4 Å². The van der Waals surface area contributed by atoms with Gasteiger partial charge in [-0.25, -0.2) is 4.98 Å². The quantitative estimate of drug-likeness (QED) is 0.374. The van der Waals surface area contributed by atoms with E-state index in [0.717, 1.165) is 17.0 Å². The van der Waals surface area contributed by atoms with Gasteiger partial charge in [-0.3, -0.25) is 10.1 Å². The first-order valence-electron chi connectivity index (χ1n) is 8.50. The van der Waals surface area contributed by atoms with Gasteiger partial charge in [-0.1, -0.05) is 23.2 Å². The summed E-state index contributed by atoms with van der Waals surface area (Å²) in [6.07, 6.45) is 0. The molecule has 2 aromatic heterocycles. The molecule has 146 valence electrons. The first-order valence-corrected chi connectivity index (χ1v) is 10.1. The monoisotopic (exact) mass is 444 g/mol. The number of nitrogens with zero attached hydrogens (tertiary/aromatic N) is 1. The molecule has 4 rings (SSSR count). The Balaban J connectivity index is 1.49. The van der Waals surface area contributed by atoms with Crippen LogP contribution >= 0.6 is 34.5 Å². The fourth-order valence-electron chi connectivity index (χ4n) is 2.68. The lowest BCUT2D eigenvalue weighted by molar-refractivity contribution is 0.0997. The predicted octanol–water partition coefficient (Wildman–Crippen LogP) is 6.64. The summed E-state index contributed by atoms with van der Waals surface area (Å²) in [5, 5.41) is 6.11. The lowest BCUT2D eigenvalue weighted by atomic mass is 10.2. The number of ether oxygens (including phenoxy) is 1. The van der Waals surface area contributed by atoms with Crippen LogP contribution in [0.4, 0.5) is 5.13 Å². The molecule has 0 radical (unpaired) electrons. The van der Waals surface area contributed by atoms with Crippen LogP contribution in [0.1, 0.15) is 10.6 Å². The Labute approximate surface area is 180 Å². The zero-order valence-electron chi connectivity index (χ0n) is 15.1. The molecule has 0 spiro atoms. The van der Waals surface area contributed by atoms with Gasteiger partial charge in [0.2, 0.25) is 0 Å². The van der Waals surface area contributed by atoms with Crippen LogP contribution in [0.15, 0.2) is 64.4 Å². The van der Waals surface area contributed by atoms with E-state index in [4.69, 9.17) is 32.4 Å². The number of thiazole rings is 1. The highest BCUT2D eigenvalue weighted by atomic mass is 35.5. The maximum absolute atomic E-state index is 12.5. The van der Waals surface area contributed by atoms with Gasteiger partial charge in [-0.2, -0.15) is 0 Å². The fraction of sp³-hybridized carbons (Fsp3) is 0.0476. The van der Waals surface area contributed by atoms with Crippen molar-refractivity contribution in [3.8, 4) is 28.3 Å². The average Bonchev–Trinajstić information content (AvgIpc) is 3.40. The van der Waals surface area contributed by atoms with E-state index in [1.807, 2.05) is 29.6 Å². The summed E-state index contributed by atoms with van der Waals surface area (Å²) in [5.41, 5.74) is 2.31. The Morgan fingerprint density at radius 2 is 1.90 bits per heavy atom. The second kappa shape index (κ2) is 8.29. The molecule has 0 unspecified atom stereocenters. The first kappa shape index (κ1) is 19.5. The topological polar surface area (TPSA) is 64.4 Å². The van der Waals surface area contributed by atoms with E-state index in [-0.39, 0.29) is 5.76 Å². The Hall–Kier alpha value is -2.80. The van der Waals surface area contributed by atoms with Crippen molar-refractivity contribution in [3.05, 3.63) is 75.8 Å². The number of nitrogens with one attached hydrogen (secondary N) is 1. The largest absolute Gasteiger partial charge is 0.497 e. The maximum Gasteiger partial charge on any atom is 0.293 e. The Kier molecular flexibility index (Phi) is 5.58. The zero-order chi connectivity index (χ0) is 20.4. The molecule has 0 saturated carbocycles. The Bertz CT molecular complexity index is 1170. The summed E-state index contributed by atoms with van der Waals surface area (Å²) in [4.78, 5) is 17.0. The summed E-state index contributed by atoms with van der Waals surface area (Å²) in [6.45, 7) is 0. The van der Waals surface area contributed by atoms with Crippen molar-refractivity contribution in [2.75, 3.05) is 12.4 Å². The van der Waals surface area contributed by atoms with Gasteiger partial charge >= 0.3 is 0 Å². The molecule has 1 amide bonds. The second-order valence-corrected chi connectivity index (χ2v) is 7.71. The highest BCUT2D eigenvalue weighted by Gasteiger charge is 2.16. The second-order valence-electron chi connectivity index (χ2n) is 6.01. The van der Waals surface area contributed by atoms with Crippen molar-refractivity contribution in [1.82, 2.24) is 4.98 Å². The van der Waals surface area contributed by atoms with Gasteiger partial charge in [0.05, 0.1) is 17.8 Å². The van der Waals surface area contributed by atoms with E-state index in [0.29, 0.717) is 26.5 Å². The van der Waals surface area contributed by atoms with Crippen LogP contribution in [0.2, 0.25) is 10.0 Å². The molecule has 0 fully saturated rings. The molecule has 2 heterocycles. The number of rotatable bonds is 5. The zero-order valence-corrected chi connectivity index (χ0v) is 17.4. The minimum atomic E-state index is -0.398. The number of carbonyl (C=O) groups excluding carboxylic acids is 1. The van der Waals surface area contributed by atoms with Crippen molar-refractivity contribution >= 4 is 45.6 Å². The smallest absolute Gasteiger partial charge is 0.293 e. The van der Waals surface area contributed by atoms with E-state index >= 15 is 0 Å². The van der Waals surface area contributed by atoms with Gasteiger partial charge in [0, 0.05) is 21.5 Å². The van der Waals surface area contributed by atoms with Crippen LogP contribution in [0.3, 0.4) is 0 Å². The average molecular weight is 445 g/mol. The van der Waals surface area contributed by atoms with Gasteiger partial charge in [0.1, 0.15) is 11.5 Å². The molecule has 4 aromatic rings. The summed E-state index contributed by atoms with van der Waals surface area (Å²) in [7, 11) is 1.62. The van der Waals surface area contributed by atoms with Crippen molar-refractivity contribution < 1.29 is 13.9 Å². The van der Waals surface area contributed by atoms with Gasteiger partial charge in [0.25, 0.3) is 5.91 Å². The van der Waals surface area contributed by atoms with Crippen molar-refractivity contribution in [1.29, 1.82) is 0 Å². The number of hydrogen-bond acceptors (Lipinski definition) is 5. The third kappa shape index (κ3) is 4.29. The molecular weight excluding hydrogens is 431 g/mol. The lowest BCUT2D eigenvalue weighted by Crippen LogP contribution is -2.10. The molecule has 8 heteroatoms. The minimum absolute atomic E-state index is 0.150. The predicted molar refractivity (Wildman–Crippen MR) is 116 cm³/mol. The third-order valence-corrected chi connectivity index (χ3v) is 5.46. The fourth-order valence-corrected chi connectivity index (χ4v) is 3.77. The number of benzene rings is 2. The molecule has 0 atom stereocenters. The number of halogens is 2. The summed E-state index contributed by atoms with van der Waals surface area (Å²) >= 11 is 13.5. The summed E-state index contributed by atoms with van der Waals surface area (Å²) < 4.78 is 10.8. The number of aromatic nitrogens is 1. The molecule has 0 saturated heterocycles. The van der Waals surface area contributed by atoms with Crippen molar-refractivity contribution in [2.24, 2.45) is 0 Å². The normalized spacial score (nSPS) is 10.7. The van der Waals surface area contributed by atoms with E-state index in [2.05, 4.69) is 10.3 Å². The van der Waals surface area contributed by atoms with Crippen LogP contribution < -0.4 is 10.1 Å². The highest BCUT2D eigenvalue weighted by Crippen LogP contribution is 2.32. The Morgan fingerprint density at radius 1 is 1.10 bits per heavy atom. The number of furan rings is 1. The van der Waals surface area contributed by atoms with E-state index in [9.17, 15) is 4.79 Å². The Morgan fingerprint density at radius 3 is 2.66 bits per heavy atom. The maximum atomic E-state index is 12.5. The first-order chi connectivity index (χ1) is 14.0. The number of amides is 1. The minimum Gasteiger partial charge on any atom is -0.497 e. The van der Waals surface area contributed by atoms with Gasteiger partial charge in [-0.15, -0.1) is 11.3 Å². The van der Waals surface area contributed by atoms with Crippen LogP contribution in [0.25, 0.3) is 22.6 Å². The standard InChI is InChI=1S/C21H14Cl2N2O3S/c1-27-14-5-2-12(3-6-14)17-11-29-21(24-17)25-20(26)19-9-8-18(28-19)15-10-13(22)4-7-16(15)23/h2-11H,1H3,(H,24,25,26). The van der Waals surface area contributed by atoms with Crippen LogP contribution in [-0.4, -0.2) is 18.0 Å². The van der Waals surface area contributed by atoms with Crippen LogP contribution in [0, 0.1) is 0 Å². The van der Waals surface area contributed by atoms with Gasteiger partial charge in [0.15, 0.2) is 10.9 Å². The van der Waals surface area contributed by atoms with E-state index < -0.39 is 5.91 Å². The van der Waals surface area contributed by atoms with Crippen molar-refractivity contribution in [3.63, 3.8) is 0 Å². The number of carbonyl (C=O) groups is 1. The molecule has 0 aliphatic heterocycles. The number of methoxy groups -OCH3 is 1.